The predicted octanol–water partition coefficient (Wildman–Crippen LogP) is 4.46. The second kappa shape index (κ2) is 8.91. The predicted molar refractivity (Wildman–Crippen MR) is 108 cm³/mol. The average Bonchev–Trinajstić information content (AvgIpc) is 2.69. The van der Waals surface area contributed by atoms with Crippen molar-refractivity contribution >= 4 is 29.2 Å². The number of nitrogens with one attached hydrogen (secondary N) is 2. The van der Waals surface area contributed by atoms with Crippen LogP contribution in [0, 0.1) is 5.92 Å². The lowest BCUT2D eigenvalue weighted by molar-refractivity contribution is -0.126. The Morgan fingerprint density at radius 1 is 1.07 bits per heavy atom. The van der Waals surface area contributed by atoms with Crippen LogP contribution in [0.25, 0.3) is 0 Å². The Hall–Kier alpha value is -2.53. The van der Waals surface area contributed by atoms with Crippen LogP contribution in [0.15, 0.2) is 54.6 Å². The third kappa shape index (κ3) is 5.23. The van der Waals surface area contributed by atoms with E-state index < -0.39 is 0 Å². The highest BCUT2D eigenvalue weighted by molar-refractivity contribution is 6.30. The van der Waals surface area contributed by atoms with Crippen LogP contribution in [0.3, 0.4) is 0 Å². The number of hydrogen-bond acceptors (Lipinski definition) is 2. The average molecular weight is 386 g/mol. The lowest BCUT2D eigenvalue weighted by atomic mass is 9.95. The molecule has 0 radical (unpaired) electrons. The highest BCUT2D eigenvalue weighted by Crippen LogP contribution is 2.22. The van der Waals surface area contributed by atoms with Crippen molar-refractivity contribution in [3.05, 3.63) is 65.2 Å². The monoisotopic (exact) mass is 385 g/mol. The van der Waals surface area contributed by atoms with Crippen molar-refractivity contribution in [2.24, 2.45) is 5.92 Å². The molecular weight excluding hydrogens is 362 g/mol. The molecule has 1 aliphatic heterocycles. The topological polar surface area (TPSA) is 61.4 Å². The summed E-state index contributed by atoms with van der Waals surface area (Å²) in [6.45, 7) is 3.09. The van der Waals surface area contributed by atoms with Gasteiger partial charge in [0.25, 0.3) is 0 Å². The van der Waals surface area contributed by atoms with Crippen LogP contribution in [0.2, 0.25) is 5.02 Å². The molecule has 1 saturated heterocycles. The number of para-hydroxylation sites is 1. The molecule has 0 aliphatic carbocycles. The van der Waals surface area contributed by atoms with Gasteiger partial charge in [-0.1, -0.05) is 41.9 Å². The number of rotatable bonds is 4. The SMILES string of the molecule is CC(NC(=O)C1CCN(C(=O)Nc2ccccc2)CC1)c1cccc(Cl)c1. The molecule has 1 unspecified atom stereocenters. The van der Waals surface area contributed by atoms with Gasteiger partial charge in [-0.25, -0.2) is 4.79 Å². The molecule has 142 valence electrons. The fourth-order valence-electron chi connectivity index (χ4n) is 3.26. The van der Waals surface area contributed by atoms with Gasteiger partial charge in [-0.2, -0.15) is 0 Å². The van der Waals surface area contributed by atoms with E-state index in [1.807, 2.05) is 61.5 Å². The normalized spacial score (nSPS) is 15.9. The highest BCUT2D eigenvalue weighted by atomic mass is 35.5. The smallest absolute Gasteiger partial charge is 0.321 e. The van der Waals surface area contributed by atoms with Crippen molar-refractivity contribution in [1.82, 2.24) is 10.2 Å². The van der Waals surface area contributed by atoms with E-state index in [0.29, 0.717) is 31.0 Å². The van der Waals surface area contributed by atoms with Crippen LogP contribution in [0.1, 0.15) is 31.4 Å². The number of amides is 3. The van der Waals surface area contributed by atoms with Crippen LogP contribution < -0.4 is 10.6 Å². The first kappa shape index (κ1) is 19.2. The van der Waals surface area contributed by atoms with Crippen LogP contribution >= 0.6 is 11.6 Å². The summed E-state index contributed by atoms with van der Waals surface area (Å²) in [7, 11) is 0. The van der Waals surface area contributed by atoms with E-state index >= 15 is 0 Å². The van der Waals surface area contributed by atoms with Gasteiger partial charge in [-0.15, -0.1) is 0 Å². The number of halogens is 1. The van der Waals surface area contributed by atoms with Gasteiger partial charge in [-0.3, -0.25) is 4.79 Å². The first-order chi connectivity index (χ1) is 13.0. The molecule has 3 amide bonds. The third-order valence-electron chi connectivity index (χ3n) is 4.89. The molecule has 0 saturated carbocycles. The largest absolute Gasteiger partial charge is 0.349 e. The quantitative estimate of drug-likeness (QED) is 0.816. The van der Waals surface area contributed by atoms with Gasteiger partial charge in [0.1, 0.15) is 0 Å². The summed E-state index contributed by atoms with van der Waals surface area (Å²) in [4.78, 5) is 26.7. The Morgan fingerprint density at radius 2 is 1.78 bits per heavy atom. The first-order valence-electron chi connectivity index (χ1n) is 9.20. The van der Waals surface area contributed by atoms with Crippen molar-refractivity contribution in [2.45, 2.75) is 25.8 Å². The Balaban J connectivity index is 1.48. The van der Waals surface area contributed by atoms with Crippen LogP contribution in [0.5, 0.6) is 0 Å². The summed E-state index contributed by atoms with van der Waals surface area (Å²) in [6, 6.07) is 16.7. The minimum Gasteiger partial charge on any atom is -0.349 e. The number of piperidine rings is 1. The zero-order valence-electron chi connectivity index (χ0n) is 15.3. The summed E-state index contributed by atoms with van der Waals surface area (Å²) in [5, 5.41) is 6.61. The molecule has 1 aliphatic rings. The molecule has 6 heteroatoms. The molecule has 3 rings (SSSR count). The summed E-state index contributed by atoms with van der Waals surface area (Å²) in [6.07, 6.45) is 1.33. The van der Waals surface area contributed by atoms with Crippen LogP contribution in [-0.2, 0) is 4.79 Å². The van der Waals surface area contributed by atoms with Crippen molar-refractivity contribution < 1.29 is 9.59 Å². The highest BCUT2D eigenvalue weighted by Gasteiger charge is 2.28. The van der Waals surface area contributed by atoms with Crippen molar-refractivity contribution in [3.8, 4) is 0 Å². The molecular formula is C21H24ClN3O2. The van der Waals surface area contributed by atoms with E-state index in [1.54, 1.807) is 4.90 Å². The van der Waals surface area contributed by atoms with Gasteiger partial charge in [0.2, 0.25) is 5.91 Å². The molecule has 5 nitrogen and oxygen atoms in total. The molecule has 0 bridgehead atoms. The van der Waals surface area contributed by atoms with E-state index in [9.17, 15) is 9.59 Å². The maximum absolute atomic E-state index is 12.6. The second-order valence-corrected chi connectivity index (χ2v) is 7.28. The number of carbonyl (C=O) groups is 2. The number of urea groups is 1. The molecule has 0 spiro atoms. The third-order valence-corrected chi connectivity index (χ3v) is 5.12. The minimum atomic E-state index is -0.118. The maximum Gasteiger partial charge on any atom is 0.321 e. The number of benzene rings is 2. The Kier molecular flexibility index (Phi) is 6.35. The summed E-state index contributed by atoms with van der Waals surface area (Å²) in [5.74, 6) is -0.0435. The standard InChI is InChI=1S/C21H24ClN3O2/c1-15(17-6-5-7-18(22)14-17)23-20(26)16-10-12-25(13-11-16)21(27)24-19-8-3-2-4-9-19/h2-9,14-16H,10-13H2,1H3,(H,23,26)(H,24,27). The number of hydrogen-bond donors (Lipinski definition) is 2. The first-order valence-corrected chi connectivity index (χ1v) is 9.57. The van der Waals surface area contributed by atoms with E-state index in [4.69, 9.17) is 11.6 Å². The summed E-state index contributed by atoms with van der Waals surface area (Å²) < 4.78 is 0. The van der Waals surface area contributed by atoms with Crippen LogP contribution in [0.4, 0.5) is 10.5 Å². The molecule has 1 heterocycles. The van der Waals surface area contributed by atoms with Crippen molar-refractivity contribution in [3.63, 3.8) is 0 Å². The number of likely N-dealkylation sites (tertiary alicyclic amines) is 1. The van der Waals surface area contributed by atoms with E-state index in [0.717, 1.165) is 11.3 Å². The van der Waals surface area contributed by atoms with Crippen LogP contribution in [-0.4, -0.2) is 29.9 Å². The molecule has 2 aromatic rings. The van der Waals surface area contributed by atoms with E-state index in [-0.39, 0.29) is 23.9 Å². The summed E-state index contributed by atoms with van der Waals surface area (Å²) in [5.41, 5.74) is 1.76. The molecule has 1 fully saturated rings. The van der Waals surface area contributed by atoms with Gasteiger partial charge < -0.3 is 15.5 Å². The van der Waals surface area contributed by atoms with Gasteiger partial charge in [0.05, 0.1) is 6.04 Å². The van der Waals surface area contributed by atoms with Gasteiger partial charge >= 0.3 is 6.03 Å². The van der Waals surface area contributed by atoms with E-state index in [2.05, 4.69) is 10.6 Å². The van der Waals surface area contributed by atoms with E-state index in [1.165, 1.54) is 0 Å². The lowest BCUT2D eigenvalue weighted by Gasteiger charge is -2.32. The Bertz CT molecular complexity index is 789. The fourth-order valence-corrected chi connectivity index (χ4v) is 3.46. The Morgan fingerprint density at radius 3 is 2.44 bits per heavy atom. The zero-order chi connectivity index (χ0) is 19.2. The van der Waals surface area contributed by atoms with Crippen molar-refractivity contribution in [2.75, 3.05) is 18.4 Å². The molecule has 1 atom stereocenters. The number of carbonyl (C=O) groups excluding carboxylic acids is 2. The summed E-state index contributed by atoms with van der Waals surface area (Å²) >= 11 is 6.02. The van der Waals surface area contributed by atoms with Gasteiger partial charge in [0, 0.05) is 29.7 Å². The second-order valence-electron chi connectivity index (χ2n) is 6.84. The lowest BCUT2D eigenvalue weighted by Crippen LogP contribution is -2.44. The molecule has 27 heavy (non-hydrogen) atoms. The van der Waals surface area contributed by atoms with Crippen molar-refractivity contribution in [1.29, 1.82) is 0 Å². The molecule has 2 aromatic carbocycles. The molecule has 2 N–H and O–H groups in total. The zero-order valence-corrected chi connectivity index (χ0v) is 16.1. The Labute approximate surface area is 164 Å². The van der Waals surface area contributed by atoms with Gasteiger partial charge in [-0.05, 0) is 49.6 Å². The minimum absolute atomic E-state index is 0.0330. The maximum atomic E-state index is 12.6. The number of anilines is 1. The fraction of sp³-hybridized carbons (Fsp3) is 0.333. The number of nitrogens with zero attached hydrogens (tertiary/aromatic N) is 1. The molecule has 0 aromatic heterocycles. The van der Waals surface area contributed by atoms with Gasteiger partial charge in [0.15, 0.2) is 0 Å².